The number of nitro benzene ring substituents is 1. The van der Waals surface area contributed by atoms with Crippen LogP contribution in [0.1, 0.15) is 36.0 Å². The average molecular weight is 450 g/mol. The van der Waals surface area contributed by atoms with Crippen LogP contribution in [-0.2, 0) is 10.0 Å². The molecule has 1 heterocycles. The average Bonchev–Trinajstić information content (AvgIpc) is 3.03. The maximum absolute atomic E-state index is 12.8. The van der Waals surface area contributed by atoms with Crippen LogP contribution in [-0.4, -0.2) is 42.9 Å². The van der Waals surface area contributed by atoms with E-state index in [4.69, 9.17) is 0 Å². The van der Waals surface area contributed by atoms with Gasteiger partial charge in [0.15, 0.2) is 0 Å². The molecule has 1 amide bonds. The number of hydrogen-bond acceptors (Lipinski definition) is 6. The molecule has 0 bridgehead atoms. The second-order valence-electron chi connectivity index (χ2n) is 6.94. The highest BCUT2D eigenvalue weighted by Crippen LogP contribution is 2.29. The van der Waals surface area contributed by atoms with Gasteiger partial charge in [-0.15, -0.1) is 11.8 Å². The number of carbonyl (C=O) groups is 1. The van der Waals surface area contributed by atoms with Gasteiger partial charge in [-0.25, -0.2) is 8.42 Å². The molecule has 0 aromatic heterocycles. The molecule has 30 heavy (non-hydrogen) atoms. The predicted octanol–water partition coefficient (Wildman–Crippen LogP) is 4.13. The lowest BCUT2D eigenvalue weighted by Crippen LogP contribution is -2.31. The summed E-state index contributed by atoms with van der Waals surface area (Å²) in [6.45, 7) is 1.04. The number of thioether (sulfide) groups is 1. The van der Waals surface area contributed by atoms with E-state index in [1.54, 1.807) is 6.26 Å². The van der Waals surface area contributed by atoms with Gasteiger partial charge in [-0.1, -0.05) is 12.8 Å². The molecule has 160 valence electrons. The van der Waals surface area contributed by atoms with E-state index in [1.807, 2.05) is 0 Å². The lowest BCUT2D eigenvalue weighted by Gasteiger charge is -2.20. The summed E-state index contributed by atoms with van der Waals surface area (Å²) in [6.07, 6.45) is 5.51. The van der Waals surface area contributed by atoms with Gasteiger partial charge in [0.2, 0.25) is 10.0 Å². The number of nitrogens with one attached hydrogen (secondary N) is 1. The molecule has 3 rings (SSSR count). The molecule has 1 aliphatic heterocycles. The number of amides is 1. The second-order valence-corrected chi connectivity index (χ2v) is 9.73. The minimum Gasteiger partial charge on any atom is -0.322 e. The van der Waals surface area contributed by atoms with E-state index in [0.29, 0.717) is 23.7 Å². The maximum atomic E-state index is 12.8. The number of nitrogens with zero attached hydrogens (tertiary/aromatic N) is 2. The fourth-order valence-corrected chi connectivity index (χ4v) is 5.38. The fourth-order valence-electron chi connectivity index (χ4n) is 3.32. The third kappa shape index (κ3) is 5.00. The molecular weight excluding hydrogens is 426 g/mol. The van der Waals surface area contributed by atoms with E-state index < -0.39 is 20.9 Å². The molecule has 1 saturated heterocycles. The number of hydrogen-bond donors (Lipinski definition) is 1. The highest BCUT2D eigenvalue weighted by atomic mass is 32.2. The van der Waals surface area contributed by atoms with E-state index >= 15 is 0 Å². The molecule has 0 aliphatic carbocycles. The van der Waals surface area contributed by atoms with Crippen LogP contribution in [0.5, 0.6) is 0 Å². The Bertz CT molecular complexity index is 1030. The van der Waals surface area contributed by atoms with Gasteiger partial charge < -0.3 is 5.32 Å². The summed E-state index contributed by atoms with van der Waals surface area (Å²) < 4.78 is 27.2. The van der Waals surface area contributed by atoms with Crippen molar-refractivity contribution in [2.75, 3.05) is 24.7 Å². The minimum atomic E-state index is -3.56. The number of sulfonamides is 1. The number of benzene rings is 2. The minimum absolute atomic E-state index is 0.131. The molecule has 0 saturated carbocycles. The van der Waals surface area contributed by atoms with Crippen molar-refractivity contribution in [1.29, 1.82) is 0 Å². The van der Waals surface area contributed by atoms with Crippen LogP contribution in [0, 0.1) is 10.1 Å². The van der Waals surface area contributed by atoms with Crippen molar-refractivity contribution in [2.45, 2.75) is 35.5 Å². The SMILES string of the molecule is CSc1ccc(C(=O)Nc2ccc(S(=O)(=O)N3CCCCCC3)cc2)cc1[N+](=O)[O-]. The van der Waals surface area contributed by atoms with Crippen LogP contribution < -0.4 is 5.32 Å². The standard InChI is InChI=1S/C20H23N3O5S2/c1-29-19-11-6-15(14-18(19)23(25)26)20(24)21-16-7-9-17(10-8-16)30(27,28)22-12-4-2-3-5-13-22/h6-11,14H,2-5,12-13H2,1H3,(H,21,24). The first-order chi connectivity index (χ1) is 14.3. The van der Waals surface area contributed by atoms with Gasteiger partial charge in [0.25, 0.3) is 11.6 Å². The highest BCUT2D eigenvalue weighted by molar-refractivity contribution is 7.98. The van der Waals surface area contributed by atoms with Crippen LogP contribution >= 0.6 is 11.8 Å². The Morgan fingerprint density at radius 3 is 2.27 bits per heavy atom. The second kappa shape index (κ2) is 9.59. The maximum Gasteiger partial charge on any atom is 0.283 e. The zero-order chi connectivity index (χ0) is 21.7. The summed E-state index contributed by atoms with van der Waals surface area (Å²) in [6, 6.07) is 10.3. The van der Waals surface area contributed by atoms with E-state index in [-0.39, 0.29) is 16.1 Å². The van der Waals surface area contributed by atoms with Crippen molar-refractivity contribution in [2.24, 2.45) is 0 Å². The quantitative estimate of drug-likeness (QED) is 0.403. The van der Waals surface area contributed by atoms with Crippen molar-refractivity contribution in [1.82, 2.24) is 4.31 Å². The normalized spacial score (nSPS) is 15.4. The van der Waals surface area contributed by atoms with Crippen molar-refractivity contribution in [3.8, 4) is 0 Å². The largest absolute Gasteiger partial charge is 0.322 e. The van der Waals surface area contributed by atoms with E-state index in [1.165, 1.54) is 58.5 Å². The molecule has 1 aliphatic rings. The zero-order valence-electron chi connectivity index (χ0n) is 16.5. The van der Waals surface area contributed by atoms with Gasteiger partial charge >= 0.3 is 0 Å². The van der Waals surface area contributed by atoms with Crippen LogP contribution in [0.3, 0.4) is 0 Å². The van der Waals surface area contributed by atoms with Crippen molar-refractivity contribution in [3.05, 3.63) is 58.1 Å². The lowest BCUT2D eigenvalue weighted by molar-refractivity contribution is -0.387. The van der Waals surface area contributed by atoms with Gasteiger partial charge in [0.05, 0.1) is 14.7 Å². The highest BCUT2D eigenvalue weighted by Gasteiger charge is 2.25. The van der Waals surface area contributed by atoms with Gasteiger partial charge in [-0.3, -0.25) is 14.9 Å². The van der Waals surface area contributed by atoms with E-state index in [2.05, 4.69) is 5.32 Å². The van der Waals surface area contributed by atoms with Gasteiger partial charge in [-0.2, -0.15) is 4.31 Å². The summed E-state index contributed by atoms with van der Waals surface area (Å²) in [5, 5.41) is 13.9. The smallest absolute Gasteiger partial charge is 0.283 e. The Kier molecular flexibility index (Phi) is 7.11. The molecule has 0 atom stereocenters. The Hall–Kier alpha value is -2.43. The molecular formula is C20H23N3O5S2. The Morgan fingerprint density at radius 2 is 1.70 bits per heavy atom. The first-order valence-electron chi connectivity index (χ1n) is 9.57. The fraction of sp³-hybridized carbons (Fsp3) is 0.350. The topological polar surface area (TPSA) is 110 Å². The number of carbonyl (C=O) groups excluding carboxylic acids is 1. The van der Waals surface area contributed by atoms with Crippen molar-refractivity contribution >= 4 is 39.1 Å². The third-order valence-corrected chi connectivity index (χ3v) is 7.65. The first-order valence-corrected chi connectivity index (χ1v) is 12.2. The number of anilines is 1. The molecule has 8 nitrogen and oxygen atoms in total. The summed E-state index contributed by atoms with van der Waals surface area (Å²) in [5.74, 6) is -0.506. The van der Waals surface area contributed by atoms with Crippen LogP contribution in [0.15, 0.2) is 52.3 Å². The van der Waals surface area contributed by atoms with Crippen LogP contribution in [0.2, 0.25) is 0 Å². The number of rotatable bonds is 6. The zero-order valence-corrected chi connectivity index (χ0v) is 18.2. The summed E-state index contributed by atoms with van der Waals surface area (Å²) in [7, 11) is -3.56. The van der Waals surface area contributed by atoms with E-state index in [0.717, 1.165) is 25.7 Å². The Balaban J connectivity index is 1.75. The van der Waals surface area contributed by atoms with Gasteiger partial charge in [0.1, 0.15) is 0 Å². The predicted molar refractivity (Wildman–Crippen MR) is 116 cm³/mol. The number of nitro groups is 1. The summed E-state index contributed by atoms with van der Waals surface area (Å²) in [5.41, 5.74) is 0.432. The molecule has 2 aromatic rings. The lowest BCUT2D eigenvalue weighted by atomic mass is 10.2. The molecule has 1 fully saturated rings. The first kappa shape index (κ1) is 22.3. The molecule has 0 radical (unpaired) electrons. The third-order valence-electron chi connectivity index (χ3n) is 4.95. The van der Waals surface area contributed by atoms with Crippen LogP contribution in [0.25, 0.3) is 0 Å². The van der Waals surface area contributed by atoms with E-state index in [9.17, 15) is 23.3 Å². The van der Waals surface area contributed by atoms with Gasteiger partial charge in [-0.05, 0) is 55.5 Å². The Morgan fingerprint density at radius 1 is 1.07 bits per heavy atom. The molecule has 0 spiro atoms. The van der Waals surface area contributed by atoms with Gasteiger partial charge in [0, 0.05) is 30.4 Å². The molecule has 2 aromatic carbocycles. The molecule has 0 unspecified atom stereocenters. The monoisotopic (exact) mass is 449 g/mol. The summed E-state index contributed by atoms with van der Waals surface area (Å²) in [4.78, 5) is 23.8. The Labute approximate surface area is 179 Å². The van der Waals surface area contributed by atoms with Crippen LogP contribution in [0.4, 0.5) is 11.4 Å². The molecule has 1 N–H and O–H groups in total. The molecule has 10 heteroatoms. The van der Waals surface area contributed by atoms with Crippen molar-refractivity contribution < 1.29 is 18.1 Å². The van der Waals surface area contributed by atoms with Crippen molar-refractivity contribution in [3.63, 3.8) is 0 Å². The summed E-state index contributed by atoms with van der Waals surface area (Å²) >= 11 is 1.23.